The number of anilines is 1. The lowest BCUT2D eigenvalue weighted by Crippen LogP contribution is -2.42. The van der Waals surface area contributed by atoms with Gasteiger partial charge in [-0.2, -0.15) is 4.31 Å². The van der Waals surface area contributed by atoms with Crippen molar-refractivity contribution in [2.45, 2.75) is 37.1 Å². The summed E-state index contributed by atoms with van der Waals surface area (Å²) in [4.78, 5) is 12.9. The minimum absolute atomic E-state index is 0.0327. The number of piperidine rings is 1. The number of halogens is 1. The first-order valence-electron chi connectivity index (χ1n) is 10.4. The lowest BCUT2D eigenvalue weighted by molar-refractivity contribution is 0.102. The number of nitrogens with zero attached hydrogens (tertiary/aromatic N) is 1. The predicted octanol–water partition coefficient (Wildman–Crippen LogP) is 3.94. The molecule has 0 bridgehead atoms. The highest BCUT2D eigenvalue weighted by Gasteiger charge is 2.33. The van der Waals surface area contributed by atoms with Gasteiger partial charge in [0.1, 0.15) is 23.9 Å². The van der Waals surface area contributed by atoms with E-state index in [-0.39, 0.29) is 27.3 Å². The van der Waals surface area contributed by atoms with Crippen LogP contribution < -0.4 is 19.5 Å². The van der Waals surface area contributed by atoms with E-state index in [4.69, 9.17) is 25.8 Å². The molecule has 0 aliphatic carbocycles. The molecule has 172 valence electrons. The summed E-state index contributed by atoms with van der Waals surface area (Å²) < 4.78 is 44.6. The van der Waals surface area contributed by atoms with Crippen LogP contribution in [-0.2, 0) is 10.0 Å². The van der Waals surface area contributed by atoms with Gasteiger partial charge in [-0.1, -0.05) is 18.0 Å². The SMILES string of the molecule is COc1ccc(C(=O)Nc2cc3c(cc2Cl)OCCO3)cc1S(=O)(=O)N1CCCC[C@H]1C. The quantitative estimate of drug-likeness (QED) is 0.696. The highest BCUT2D eigenvalue weighted by molar-refractivity contribution is 7.89. The Bertz CT molecular complexity index is 1140. The Kier molecular flexibility index (Phi) is 6.50. The molecule has 2 aliphatic rings. The Labute approximate surface area is 192 Å². The second kappa shape index (κ2) is 9.17. The van der Waals surface area contributed by atoms with Crippen molar-refractivity contribution in [1.29, 1.82) is 0 Å². The van der Waals surface area contributed by atoms with Gasteiger partial charge in [0.2, 0.25) is 10.0 Å². The third-order valence-corrected chi connectivity index (χ3v) is 7.98. The summed E-state index contributed by atoms with van der Waals surface area (Å²) in [6.45, 7) is 3.16. The zero-order chi connectivity index (χ0) is 22.9. The Balaban J connectivity index is 1.64. The molecule has 1 fully saturated rings. The minimum atomic E-state index is -3.84. The summed E-state index contributed by atoms with van der Waals surface area (Å²) in [5.41, 5.74) is 0.505. The predicted molar refractivity (Wildman–Crippen MR) is 121 cm³/mol. The van der Waals surface area contributed by atoms with Gasteiger partial charge >= 0.3 is 0 Å². The Hall–Kier alpha value is -2.49. The molecule has 0 spiro atoms. The number of methoxy groups -OCH3 is 1. The molecule has 4 rings (SSSR count). The van der Waals surface area contributed by atoms with E-state index in [1.807, 2.05) is 6.92 Å². The van der Waals surface area contributed by atoms with Gasteiger partial charge in [-0.25, -0.2) is 8.42 Å². The fourth-order valence-electron chi connectivity index (χ4n) is 3.93. The van der Waals surface area contributed by atoms with Crippen LogP contribution in [-0.4, -0.2) is 51.5 Å². The number of amides is 1. The van der Waals surface area contributed by atoms with E-state index in [9.17, 15) is 13.2 Å². The standard InChI is InChI=1S/C22H25ClN2O6S/c1-14-5-3-4-8-25(14)32(27,28)21-11-15(6-7-18(21)29-2)22(26)24-17-13-20-19(12-16(17)23)30-9-10-31-20/h6-7,11-14H,3-5,8-10H2,1-2H3,(H,24,26)/t14-/m1/s1. The first kappa shape index (κ1) is 22.7. The van der Waals surface area contributed by atoms with E-state index < -0.39 is 15.9 Å². The van der Waals surface area contributed by atoms with Crippen LogP contribution >= 0.6 is 11.6 Å². The number of hydrogen-bond donors (Lipinski definition) is 1. The summed E-state index contributed by atoms with van der Waals surface area (Å²) in [5.74, 6) is 0.673. The second-order valence-electron chi connectivity index (χ2n) is 7.76. The number of carbonyl (C=O) groups excluding carboxylic acids is 1. The van der Waals surface area contributed by atoms with Crippen LogP contribution in [0.1, 0.15) is 36.5 Å². The average molecular weight is 481 g/mol. The molecule has 2 aromatic rings. The van der Waals surface area contributed by atoms with Gasteiger partial charge in [0, 0.05) is 30.3 Å². The van der Waals surface area contributed by atoms with Crippen molar-refractivity contribution in [2.75, 3.05) is 32.2 Å². The lowest BCUT2D eigenvalue weighted by atomic mass is 10.1. The van der Waals surface area contributed by atoms with Gasteiger partial charge in [-0.05, 0) is 38.0 Å². The van der Waals surface area contributed by atoms with Gasteiger partial charge < -0.3 is 19.5 Å². The lowest BCUT2D eigenvalue weighted by Gasteiger charge is -2.32. The monoisotopic (exact) mass is 480 g/mol. The molecule has 0 aromatic heterocycles. The van der Waals surface area contributed by atoms with E-state index >= 15 is 0 Å². The van der Waals surface area contributed by atoms with E-state index in [1.54, 1.807) is 12.1 Å². The maximum absolute atomic E-state index is 13.4. The molecule has 1 atom stereocenters. The van der Waals surface area contributed by atoms with Crippen LogP contribution in [0.15, 0.2) is 35.2 Å². The van der Waals surface area contributed by atoms with Gasteiger partial charge in [0.05, 0.1) is 17.8 Å². The van der Waals surface area contributed by atoms with Gasteiger partial charge in [0.25, 0.3) is 5.91 Å². The summed E-state index contributed by atoms with van der Waals surface area (Å²) in [5, 5.41) is 3.01. The van der Waals surface area contributed by atoms with Crippen LogP contribution in [0.5, 0.6) is 17.2 Å². The maximum Gasteiger partial charge on any atom is 0.255 e. The van der Waals surface area contributed by atoms with Gasteiger partial charge in [-0.3, -0.25) is 4.79 Å². The maximum atomic E-state index is 13.4. The molecule has 2 aliphatic heterocycles. The van der Waals surface area contributed by atoms with E-state index in [2.05, 4.69) is 5.32 Å². The smallest absolute Gasteiger partial charge is 0.255 e. The molecule has 2 aromatic carbocycles. The molecule has 32 heavy (non-hydrogen) atoms. The third kappa shape index (κ3) is 4.37. The Morgan fingerprint density at radius 3 is 2.56 bits per heavy atom. The normalized spacial score (nSPS) is 18.8. The summed E-state index contributed by atoms with van der Waals surface area (Å²) in [6, 6.07) is 7.39. The zero-order valence-electron chi connectivity index (χ0n) is 17.9. The van der Waals surface area contributed by atoms with Crippen LogP contribution in [0.4, 0.5) is 5.69 Å². The van der Waals surface area contributed by atoms with Crippen molar-refractivity contribution >= 4 is 33.2 Å². The fourth-order valence-corrected chi connectivity index (χ4v) is 6.01. The number of carbonyl (C=O) groups is 1. The highest BCUT2D eigenvalue weighted by atomic mass is 35.5. The molecular formula is C22H25ClN2O6S. The first-order valence-corrected chi connectivity index (χ1v) is 12.2. The molecule has 8 nitrogen and oxygen atoms in total. The summed E-state index contributed by atoms with van der Waals surface area (Å²) in [7, 11) is -2.43. The molecule has 2 heterocycles. The Morgan fingerprint density at radius 2 is 1.88 bits per heavy atom. The van der Waals surface area contributed by atoms with E-state index in [0.29, 0.717) is 36.9 Å². The van der Waals surface area contributed by atoms with Crippen LogP contribution in [0.2, 0.25) is 5.02 Å². The van der Waals surface area contributed by atoms with Crippen LogP contribution in [0, 0.1) is 0 Å². The number of hydrogen-bond acceptors (Lipinski definition) is 6. The fraction of sp³-hybridized carbons (Fsp3) is 0.409. The molecule has 1 amide bonds. The number of benzene rings is 2. The zero-order valence-corrected chi connectivity index (χ0v) is 19.5. The third-order valence-electron chi connectivity index (χ3n) is 5.63. The van der Waals surface area contributed by atoms with Crippen molar-refractivity contribution in [2.24, 2.45) is 0 Å². The summed E-state index contributed by atoms with van der Waals surface area (Å²) in [6.07, 6.45) is 2.59. The topological polar surface area (TPSA) is 94.2 Å². The number of fused-ring (bicyclic) bond motifs is 1. The Morgan fingerprint density at radius 1 is 1.16 bits per heavy atom. The second-order valence-corrected chi connectivity index (χ2v) is 10.0. The largest absolute Gasteiger partial charge is 0.495 e. The first-order chi connectivity index (χ1) is 15.3. The number of sulfonamides is 1. The van der Waals surface area contributed by atoms with E-state index in [0.717, 1.165) is 19.3 Å². The van der Waals surface area contributed by atoms with Crippen LogP contribution in [0.25, 0.3) is 0 Å². The van der Waals surface area contributed by atoms with Crippen molar-refractivity contribution in [1.82, 2.24) is 4.31 Å². The van der Waals surface area contributed by atoms with Gasteiger partial charge in [-0.15, -0.1) is 0 Å². The van der Waals surface area contributed by atoms with Gasteiger partial charge in [0.15, 0.2) is 11.5 Å². The van der Waals surface area contributed by atoms with Crippen molar-refractivity contribution in [3.05, 3.63) is 40.9 Å². The summed E-state index contributed by atoms with van der Waals surface area (Å²) >= 11 is 6.29. The molecular weight excluding hydrogens is 456 g/mol. The molecule has 0 radical (unpaired) electrons. The highest BCUT2D eigenvalue weighted by Crippen LogP contribution is 2.38. The van der Waals surface area contributed by atoms with Crippen LogP contribution in [0.3, 0.4) is 0 Å². The number of nitrogens with one attached hydrogen (secondary N) is 1. The van der Waals surface area contributed by atoms with Crippen molar-refractivity contribution in [3.8, 4) is 17.2 Å². The molecule has 1 saturated heterocycles. The number of ether oxygens (including phenoxy) is 3. The van der Waals surface area contributed by atoms with Crippen molar-refractivity contribution in [3.63, 3.8) is 0 Å². The van der Waals surface area contributed by atoms with E-state index in [1.165, 1.54) is 29.6 Å². The minimum Gasteiger partial charge on any atom is -0.495 e. The molecule has 1 N–H and O–H groups in total. The average Bonchev–Trinajstić information content (AvgIpc) is 2.79. The molecule has 0 unspecified atom stereocenters. The molecule has 0 saturated carbocycles. The number of rotatable bonds is 5. The van der Waals surface area contributed by atoms with Crippen molar-refractivity contribution < 1.29 is 27.4 Å². The molecule has 10 heteroatoms.